The monoisotopic (exact) mass is 222 g/mol. The molecule has 1 aliphatic heterocycles. The molecule has 88 valence electrons. The van der Waals surface area contributed by atoms with Crippen LogP contribution < -0.4 is 5.73 Å². The summed E-state index contributed by atoms with van der Waals surface area (Å²) in [6, 6.07) is 3.46. The molecule has 2 N–H and O–H groups in total. The van der Waals surface area contributed by atoms with Gasteiger partial charge in [-0.3, -0.25) is 4.79 Å². The summed E-state index contributed by atoms with van der Waals surface area (Å²) in [6.45, 7) is 2.35. The van der Waals surface area contributed by atoms with Crippen LogP contribution in [0.1, 0.15) is 29.8 Å². The van der Waals surface area contributed by atoms with E-state index >= 15 is 0 Å². The van der Waals surface area contributed by atoms with E-state index in [9.17, 15) is 4.79 Å². The number of nitrogens with two attached hydrogens (primary N) is 1. The van der Waals surface area contributed by atoms with Crippen molar-refractivity contribution in [1.29, 1.82) is 0 Å². The number of hydrogen-bond donors (Lipinski definition) is 1. The van der Waals surface area contributed by atoms with E-state index in [2.05, 4.69) is 0 Å². The molecule has 4 heteroatoms. The van der Waals surface area contributed by atoms with Gasteiger partial charge in [0.1, 0.15) is 0 Å². The van der Waals surface area contributed by atoms with E-state index in [1.807, 2.05) is 4.90 Å². The van der Waals surface area contributed by atoms with Gasteiger partial charge in [0.25, 0.3) is 5.91 Å². The third kappa shape index (κ3) is 2.44. The van der Waals surface area contributed by atoms with Crippen LogP contribution in [0.2, 0.25) is 0 Å². The predicted molar refractivity (Wildman–Crippen MR) is 61.0 cm³/mol. The van der Waals surface area contributed by atoms with Gasteiger partial charge in [-0.1, -0.05) is 0 Å². The average molecular weight is 222 g/mol. The Morgan fingerprint density at radius 1 is 1.62 bits per heavy atom. The molecule has 1 atom stereocenters. The molecule has 2 heterocycles. The highest BCUT2D eigenvalue weighted by Gasteiger charge is 2.25. The minimum atomic E-state index is 0.00622. The van der Waals surface area contributed by atoms with Crippen molar-refractivity contribution in [3.63, 3.8) is 0 Å². The molecule has 1 aromatic heterocycles. The number of hydrogen-bond acceptors (Lipinski definition) is 3. The van der Waals surface area contributed by atoms with Crippen molar-refractivity contribution in [2.24, 2.45) is 11.7 Å². The molecule has 4 nitrogen and oxygen atoms in total. The normalized spacial score (nSPS) is 21.1. The Morgan fingerprint density at radius 2 is 2.50 bits per heavy atom. The van der Waals surface area contributed by atoms with Crippen LogP contribution in [-0.2, 0) is 0 Å². The number of likely N-dealkylation sites (tertiary alicyclic amines) is 1. The maximum atomic E-state index is 12.0. The van der Waals surface area contributed by atoms with Gasteiger partial charge in [0.05, 0.1) is 6.26 Å². The predicted octanol–water partition coefficient (Wildman–Crippen LogP) is 1.48. The standard InChI is InChI=1S/C12H18N2O2/c13-6-5-10-3-1-7-14(9-10)12(15)11-4-2-8-16-11/h2,4,8,10H,1,3,5-7,9,13H2. The molecule has 0 bridgehead atoms. The van der Waals surface area contributed by atoms with Crippen molar-refractivity contribution in [1.82, 2.24) is 4.90 Å². The van der Waals surface area contributed by atoms with Crippen molar-refractivity contribution in [3.8, 4) is 0 Å². The number of amides is 1. The Morgan fingerprint density at radius 3 is 3.19 bits per heavy atom. The lowest BCUT2D eigenvalue weighted by Gasteiger charge is -2.32. The van der Waals surface area contributed by atoms with Gasteiger partial charge in [-0.15, -0.1) is 0 Å². The van der Waals surface area contributed by atoms with Crippen LogP contribution in [0.4, 0.5) is 0 Å². The topological polar surface area (TPSA) is 59.5 Å². The fraction of sp³-hybridized carbons (Fsp3) is 0.583. The first-order chi connectivity index (χ1) is 7.81. The quantitative estimate of drug-likeness (QED) is 0.842. The van der Waals surface area contributed by atoms with Crippen molar-refractivity contribution >= 4 is 5.91 Å². The van der Waals surface area contributed by atoms with Crippen LogP contribution in [-0.4, -0.2) is 30.4 Å². The number of nitrogens with zero attached hydrogens (tertiary/aromatic N) is 1. The molecule has 1 saturated heterocycles. The Hall–Kier alpha value is -1.29. The largest absolute Gasteiger partial charge is 0.459 e. The molecule has 1 aliphatic rings. The maximum Gasteiger partial charge on any atom is 0.289 e. The highest BCUT2D eigenvalue weighted by Crippen LogP contribution is 2.20. The van der Waals surface area contributed by atoms with Gasteiger partial charge < -0.3 is 15.1 Å². The van der Waals surface area contributed by atoms with E-state index in [0.717, 1.165) is 25.9 Å². The molecule has 0 aromatic carbocycles. The molecule has 1 aromatic rings. The van der Waals surface area contributed by atoms with Crippen LogP contribution >= 0.6 is 0 Å². The number of carbonyl (C=O) groups excluding carboxylic acids is 1. The average Bonchev–Trinajstić information content (AvgIpc) is 2.82. The summed E-state index contributed by atoms with van der Waals surface area (Å²) in [5.41, 5.74) is 5.55. The molecule has 1 amide bonds. The lowest BCUT2D eigenvalue weighted by molar-refractivity contribution is 0.0637. The Kier molecular flexibility index (Phi) is 3.62. The summed E-state index contributed by atoms with van der Waals surface area (Å²) >= 11 is 0. The zero-order chi connectivity index (χ0) is 11.4. The van der Waals surface area contributed by atoms with E-state index in [0.29, 0.717) is 18.2 Å². The zero-order valence-electron chi connectivity index (χ0n) is 9.39. The van der Waals surface area contributed by atoms with Gasteiger partial charge >= 0.3 is 0 Å². The van der Waals surface area contributed by atoms with E-state index in [4.69, 9.17) is 10.2 Å². The highest BCUT2D eigenvalue weighted by molar-refractivity contribution is 5.91. The van der Waals surface area contributed by atoms with E-state index in [1.54, 1.807) is 12.1 Å². The fourth-order valence-electron chi connectivity index (χ4n) is 2.28. The van der Waals surface area contributed by atoms with Crippen LogP contribution in [0.15, 0.2) is 22.8 Å². The first-order valence-corrected chi connectivity index (χ1v) is 5.84. The molecule has 0 saturated carbocycles. The van der Waals surface area contributed by atoms with Crippen molar-refractivity contribution < 1.29 is 9.21 Å². The van der Waals surface area contributed by atoms with E-state index in [1.165, 1.54) is 12.7 Å². The summed E-state index contributed by atoms with van der Waals surface area (Å²) in [7, 11) is 0. The number of furan rings is 1. The summed E-state index contributed by atoms with van der Waals surface area (Å²) in [6.07, 6.45) is 4.78. The van der Waals surface area contributed by atoms with Crippen molar-refractivity contribution in [2.45, 2.75) is 19.3 Å². The lowest BCUT2D eigenvalue weighted by Crippen LogP contribution is -2.40. The molecule has 1 fully saturated rings. The minimum absolute atomic E-state index is 0.00622. The summed E-state index contributed by atoms with van der Waals surface area (Å²) in [4.78, 5) is 13.9. The Labute approximate surface area is 95.4 Å². The maximum absolute atomic E-state index is 12.0. The fourth-order valence-corrected chi connectivity index (χ4v) is 2.28. The molecular formula is C12H18N2O2. The summed E-state index contributed by atoms with van der Waals surface area (Å²) < 4.78 is 5.13. The van der Waals surface area contributed by atoms with Gasteiger partial charge in [0, 0.05) is 13.1 Å². The van der Waals surface area contributed by atoms with Crippen molar-refractivity contribution in [3.05, 3.63) is 24.2 Å². The van der Waals surface area contributed by atoms with Gasteiger partial charge in [-0.05, 0) is 43.9 Å². The smallest absolute Gasteiger partial charge is 0.289 e. The molecule has 0 spiro atoms. The van der Waals surface area contributed by atoms with Crippen LogP contribution in [0.5, 0.6) is 0 Å². The second-order valence-electron chi connectivity index (χ2n) is 4.31. The van der Waals surface area contributed by atoms with Gasteiger partial charge in [-0.25, -0.2) is 0 Å². The molecule has 2 rings (SSSR count). The Bertz CT molecular complexity index is 333. The van der Waals surface area contributed by atoms with Crippen LogP contribution in [0.25, 0.3) is 0 Å². The third-order valence-electron chi connectivity index (χ3n) is 3.11. The highest BCUT2D eigenvalue weighted by atomic mass is 16.3. The van der Waals surface area contributed by atoms with E-state index in [-0.39, 0.29) is 5.91 Å². The Balaban J connectivity index is 1.96. The SMILES string of the molecule is NCCC1CCCN(C(=O)c2ccco2)C1. The first kappa shape index (κ1) is 11.2. The van der Waals surface area contributed by atoms with Gasteiger partial charge in [0.15, 0.2) is 5.76 Å². The second-order valence-corrected chi connectivity index (χ2v) is 4.31. The molecule has 0 radical (unpaired) electrons. The first-order valence-electron chi connectivity index (χ1n) is 5.84. The second kappa shape index (κ2) is 5.16. The van der Waals surface area contributed by atoms with Crippen LogP contribution in [0.3, 0.4) is 0 Å². The number of carbonyl (C=O) groups is 1. The zero-order valence-corrected chi connectivity index (χ0v) is 9.39. The lowest BCUT2D eigenvalue weighted by atomic mass is 9.95. The summed E-state index contributed by atoms with van der Waals surface area (Å²) in [5.74, 6) is 0.998. The van der Waals surface area contributed by atoms with Crippen molar-refractivity contribution in [2.75, 3.05) is 19.6 Å². The number of piperidine rings is 1. The van der Waals surface area contributed by atoms with Gasteiger partial charge in [0.2, 0.25) is 0 Å². The van der Waals surface area contributed by atoms with Crippen LogP contribution in [0, 0.1) is 5.92 Å². The molecular weight excluding hydrogens is 204 g/mol. The summed E-state index contributed by atoms with van der Waals surface area (Å²) in [5, 5.41) is 0. The minimum Gasteiger partial charge on any atom is -0.459 e. The van der Waals surface area contributed by atoms with Gasteiger partial charge in [-0.2, -0.15) is 0 Å². The molecule has 1 unspecified atom stereocenters. The molecule has 16 heavy (non-hydrogen) atoms. The third-order valence-corrected chi connectivity index (χ3v) is 3.11. The number of rotatable bonds is 3. The van der Waals surface area contributed by atoms with E-state index < -0.39 is 0 Å². The molecule has 0 aliphatic carbocycles.